The topological polar surface area (TPSA) is 24.3 Å². The van der Waals surface area contributed by atoms with E-state index in [0.717, 1.165) is 37.6 Å². The lowest BCUT2D eigenvalue weighted by Crippen LogP contribution is -2.31. The van der Waals surface area contributed by atoms with E-state index in [1.165, 1.54) is 17.2 Å². The number of hydrogen-bond acceptors (Lipinski definition) is 3. The fourth-order valence-corrected chi connectivity index (χ4v) is 3.54. The van der Waals surface area contributed by atoms with E-state index >= 15 is 0 Å². The van der Waals surface area contributed by atoms with Gasteiger partial charge in [0.15, 0.2) is 0 Å². The van der Waals surface area contributed by atoms with Crippen LogP contribution in [0.15, 0.2) is 54.9 Å². The fraction of sp³-hybridized carbons (Fsp3) is 0.348. The smallest absolute Gasteiger partial charge is 0.147 e. The summed E-state index contributed by atoms with van der Waals surface area (Å²) >= 11 is 0. The average Bonchev–Trinajstić information content (AvgIpc) is 2.94. The van der Waals surface area contributed by atoms with Crippen molar-refractivity contribution >= 4 is 0 Å². The first kappa shape index (κ1) is 20.2. The highest BCUT2D eigenvalue weighted by molar-refractivity contribution is 5.42. The molecule has 28 heavy (non-hydrogen) atoms. The zero-order chi connectivity index (χ0) is 20.1. The minimum absolute atomic E-state index is 0.198. The Balaban J connectivity index is 1.86. The van der Waals surface area contributed by atoms with Crippen LogP contribution < -0.4 is 0 Å². The van der Waals surface area contributed by atoms with Crippen molar-refractivity contribution in [1.82, 2.24) is 19.4 Å². The van der Waals surface area contributed by atoms with Crippen molar-refractivity contribution in [3.8, 4) is 5.69 Å². The van der Waals surface area contributed by atoms with Crippen LogP contribution in [-0.2, 0) is 13.1 Å². The standard InChI is InChI=1S/C23H29FN4/c1-18-14-21(19(2)28(18)23-10-6-5-9-22(23)24)17-27(13-12-26(3)4)16-20-8-7-11-25-15-20/h5-11,14-15H,12-13,16-17H2,1-4H3. The number of nitrogens with zero attached hydrogens (tertiary/aromatic N) is 4. The summed E-state index contributed by atoms with van der Waals surface area (Å²) in [4.78, 5) is 8.86. The van der Waals surface area contributed by atoms with Crippen LogP contribution in [0.3, 0.4) is 0 Å². The Morgan fingerprint density at radius 3 is 2.46 bits per heavy atom. The molecule has 2 heterocycles. The highest BCUT2D eigenvalue weighted by Gasteiger charge is 2.16. The Hall–Kier alpha value is -2.50. The van der Waals surface area contributed by atoms with Gasteiger partial charge in [0.05, 0.1) is 5.69 Å². The van der Waals surface area contributed by atoms with Crippen LogP contribution in [0.25, 0.3) is 5.69 Å². The summed E-state index contributed by atoms with van der Waals surface area (Å²) in [5.74, 6) is -0.198. The van der Waals surface area contributed by atoms with Crippen molar-refractivity contribution < 1.29 is 4.39 Å². The van der Waals surface area contributed by atoms with E-state index in [2.05, 4.69) is 47.9 Å². The quantitative estimate of drug-likeness (QED) is 0.586. The Kier molecular flexibility index (Phi) is 6.60. The third kappa shape index (κ3) is 4.86. The van der Waals surface area contributed by atoms with Gasteiger partial charge < -0.3 is 9.47 Å². The number of hydrogen-bond donors (Lipinski definition) is 0. The zero-order valence-electron chi connectivity index (χ0n) is 17.2. The van der Waals surface area contributed by atoms with Crippen LogP contribution in [0.5, 0.6) is 0 Å². The first-order valence-electron chi connectivity index (χ1n) is 9.64. The second kappa shape index (κ2) is 9.13. The lowest BCUT2D eigenvalue weighted by Gasteiger charge is -2.24. The number of aryl methyl sites for hydroxylation is 1. The molecule has 0 atom stereocenters. The summed E-state index contributed by atoms with van der Waals surface area (Å²) in [6, 6.07) is 13.2. The number of likely N-dealkylation sites (N-methyl/N-ethyl adjacent to an activating group) is 1. The molecule has 0 spiro atoms. The summed E-state index contributed by atoms with van der Waals surface area (Å²) in [6.07, 6.45) is 3.72. The first-order chi connectivity index (χ1) is 13.5. The first-order valence-corrected chi connectivity index (χ1v) is 9.64. The van der Waals surface area contributed by atoms with Gasteiger partial charge in [-0.05, 0) is 63.3 Å². The van der Waals surface area contributed by atoms with Gasteiger partial charge in [-0.1, -0.05) is 18.2 Å². The Labute approximate surface area is 167 Å². The van der Waals surface area contributed by atoms with E-state index in [1.807, 2.05) is 35.9 Å². The predicted octanol–water partition coefficient (Wildman–Crippen LogP) is 4.19. The van der Waals surface area contributed by atoms with Crippen molar-refractivity contribution in [2.45, 2.75) is 26.9 Å². The minimum Gasteiger partial charge on any atom is -0.315 e. The lowest BCUT2D eigenvalue weighted by atomic mass is 10.2. The van der Waals surface area contributed by atoms with E-state index in [9.17, 15) is 4.39 Å². The molecule has 0 bridgehead atoms. The predicted molar refractivity (Wildman–Crippen MR) is 112 cm³/mol. The highest BCUT2D eigenvalue weighted by atomic mass is 19.1. The fourth-order valence-electron chi connectivity index (χ4n) is 3.54. The van der Waals surface area contributed by atoms with Gasteiger partial charge in [-0.25, -0.2) is 4.39 Å². The van der Waals surface area contributed by atoms with E-state index in [4.69, 9.17) is 0 Å². The molecular formula is C23H29FN4. The van der Waals surface area contributed by atoms with Crippen molar-refractivity contribution in [3.63, 3.8) is 0 Å². The van der Waals surface area contributed by atoms with Crippen molar-refractivity contribution in [2.24, 2.45) is 0 Å². The Bertz CT molecular complexity index is 902. The van der Waals surface area contributed by atoms with Gasteiger partial charge in [-0.15, -0.1) is 0 Å². The molecule has 0 N–H and O–H groups in total. The second-order valence-electron chi connectivity index (χ2n) is 7.56. The van der Waals surface area contributed by atoms with Crippen LogP contribution in [-0.4, -0.2) is 46.5 Å². The van der Waals surface area contributed by atoms with Crippen LogP contribution in [0.2, 0.25) is 0 Å². The molecule has 0 aliphatic heterocycles. The molecule has 0 fully saturated rings. The van der Waals surface area contributed by atoms with E-state index in [0.29, 0.717) is 5.69 Å². The molecule has 5 heteroatoms. The molecule has 0 amide bonds. The summed E-state index contributed by atoms with van der Waals surface area (Å²) in [5.41, 5.74) is 5.17. The SMILES string of the molecule is Cc1cc(CN(CCN(C)C)Cc2cccnc2)c(C)n1-c1ccccc1F. The van der Waals surface area contributed by atoms with E-state index in [-0.39, 0.29) is 5.82 Å². The molecule has 0 aliphatic carbocycles. The number of rotatable bonds is 8. The molecule has 0 unspecified atom stereocenters. The zero-order valence-corrected chi connectivity index (χ0v) is 17.2. The molecule has 3 rings (SSSR count). The third-order valence-corrected chi connectivity index (χ3v) is 5.02. The number of pyridine rings is 1. The number of aromatic nitrogens is 2. The molecule has 2 aromatic heterocycles. The van der Waals surface area contributed by atoms with Crippen LogP contribution in [0.1, 0.15) is 22.5 Å². The molecular weight excluding hydrogens is 351 g/mol. The van der Waals surface area contributed by atoms with Gasteiger partial charge in [0.25, 0.3) is 0 Å². The average molecular weight is 381 g/mol. The third-order valence-electron chi connectivity index (χ3n) is 5.02. The van der Waals surface area contributed by atoms with E-state index < -0.39 is 0 Å². The van der Waals surface area contributed by atoms with Gasteiger partial charge in [0, 0.05) is 50.0 Å². The molecule has 148 valence electrons. The summed E-state index contributed by atoms with van der Waals surface area (Å²) in [5, 5.41) is 0. The lowest BCUT2D eigenvalue weighted by molar-refractivity contribution is 0.225. The summed E-state index contributed by atoms with van der Waals surface area (Å²) in [6.45, 7) is 7.69. The molecule has 0 radical (unpaired) electrons. The van der Waals surface area contributed by atoms with Gasteiger partial charge in [0.2, 0.25) is 0 Å². The molecule has 1 aromatic carbocycles. The summed E-state index contributed by atoms with van der Waals surface area (Å²) in [7, 11) is 4.18. The van der Waals surface area contributed by atoms with Crippen LogP contribution in [0.4, 0.5) is 4.39 Å². The highest BCUT2D eigenvalue weighted by Crippen LogP contribution is 2.24. The van der Waals surface area contributed by atoms with Gasteiger partial charge in [-0.3, -0.25) is 9.88 Å². The molecule has 3 aromatic rings. The minimum atomic E-state index is -0.198. The molecule has 4 nitrogen and oxygen atoms in total. The monoisotopic (exact) mass is 380 g/mol. The van der Waals surface area contributed by atoms with E-state index in [1.54, 1.807) is 12.3 Å². The van der Waals surface area contributed by atoms with Gasteiger partial charge in [0.1, 0.15) is 5.82 Å². The maximum atomic E-state index is 14.4. The number of para-hydroxylation sites is 1. The van der Waals surface area contributed by atoms with Crippen LogP contribution in [0, 0.1) is 19.7 Å². The van der Waals surface area contributed by atoms with Crippen molar-refractivity contribution in [3.05, 3.63) is 83.2 Å². The maximum Gasteiger partial charge on any atom is 0.147 e. The molecule has 0 saturated carbocycles. The number of benzene rings is 1. The molecule has 0 aliphatic rings. The maximum absolute atomic E-state index is 14.4. The largest absolute Gasteiger partial charge is 0.315 e. The summed E-state index contributed by atoms with van der Waals surface area (Å²) < 4.78 is 16.4. The number of halogens is 1. The van der Waals surface area contributed by atoms with Gasteiger partial charge in [-0.2, -0.15) is 0 Å². The molecule has 0 saturated heterocycles. The normalized spacial score (nSPS) is 11.5. The van der Waals surface area contributed by atoms with Gasteiger partial charge >= 0.3 is 0 Å². The Morgan fingerprint density at radius 1 is 1.00 bits per heavy atom. The van der Waals surface area contributed by atoms with Crippen LogP contribution >= 0.6 is 0 Å². The second-order valence-corrected chi connectivity index (χ2v) is 7.56. The van der Waals surface area contributed by atoms with Crippen molar-refractivity contribution in [2.75, 3.05) is 27.2 Å². The van der Waals surface area contributed by atoms with Crippen molar-refractivity contribution in [1.29, 1.82) is 0 Å². The Morgan fingerprint density at radius 2 is 1.79 bits per heavy atom.